The molecular weight excluding hydrogens is 446 g/mol. The largest absolute Gasteiger partial charge is 0.494 e. The van der Waals surface area contributed by atoms with Crippen LogP contribution < -0.4 is 15.2 Å². The first-order valence-corrected chi connectivity index (χ1v) is 11.8. The van der Waals surface area contributed by atoms with Gasteiger partial charge in [0.2, 0.25) is 6.41 Å². The standard InChI is InChI=1S/C26H30N2O3.CH3NO.H2O/c1-18(2)31-21-10-8-19(9-11-21)26-24(17-27)23-13-12-22(30-15-4-3-14-29)16-25(23)28(26)20-6-5-7-20;2-1-3;/h8-13,16,18,20,29H,3-7,14-15H2,1-2H3;1H,(H2,2,3);1H2. The van der Waals surface area contributed by atoms with Gasteiger partial charge in [-0.25, -0.2) is 0 Å². The molecule has 1 saturated carbocycles. The van der Waals surface area contributed by atoms with Gasteiger partial charge in [-0.1, -0.05) is 0 Å². The maximum atomic E-state index is 10.1. The van der Waals surface area contributed by atoms with E-state index in [0.29, 0.717) is 18.2 Å². The van der Waals surface area contributed by atoms with Gasteiger partial charge in [0.15, 0.2) is 0 Å². The molecule has 0 bridgehead atoms. The summed E-state index contributed by atoms with van der Waals surface area (Å²) in [4.78, 5) is 8.58. The molecule has 3 aromatic rings. The number of rotatable bonds is 9. The number of benzene rings is 2. The number of carbonyl (C=O) groups is 1. The predicted octanol–water partition coefficient (Wildman–Crippen LogP) is 4.12. The minimum absolute atomic E-state index is 0. The highest BCUT2D eigenvalue weighted by atomic mass is 16.5. The molecule has 5 N–H and O–H groups in total. The summed E-state index contributed by atoms with van der Waals surface area (Å²) in [5.41, 5.74) is 7.95. The fraction of sp³-hybridized carbons (Fsp3) is 0.407. The van der Waals surface area contributed by atoms with Crippen molar-refractivity contribution >= 4 is 17.3 Å². The van der Waals surface area contributed by atoms with Crippen molar-refractivity contribution < 1.29 is 24.9 Å². The third-order valence-electron chi connectivity index (χ3n) is 5.85. The quantitative estimate of drug-likeness (QED) is 0.349. The summed E-state index contributed by atoms with van der Waals surface area (Å²) in [6, 6.07) is 16.9. The lowest BCUT2D eigenvalue weighted by atomic mass is 9.92. The van der Waals surface area contributed by atoms with E-state index in [9.17, 15) is 5.26 Å². The molecule has 1 aromatic heterocycles. The van der Waals surface area contributed by atoms with Crippen molar-refractivity contribution in [2.45, 2.75) is 58.1 Å². The molecule has 8 nitrogen and oxygen atoms in total. The Morgan fingerprint density at radius 3 is 2.37 bits per heavy atom. The number of hydrogen-bond donors (Lipinski definition) is 2. The number of aromatic nitrogens is 1. The van der Waals surface area contributed by atoms with Crippen molar-refractivity contribution in [1.29, 1.82) is 5.26 Å². The van der Waals surface area contributed by atoms with E-state index >= 15 is 0 Å². The zero-order valence-corrected chi connectivity index (χ0v) is 20.4. The molecule has 8 heteroatoms. The Bertz CT molecular complexity index is 1130. The summed E-state index contributed by atoms with van der Waals surface area (Å²) in [7, 11) is 0. The van der Waals surface area contributed by atoms with Gasteiger partial charge in [-0.2, -0.15) is 5.26 Å². The summed E-state index contributed by atoms with van der Waals surface area (Å²) in [5.74, 6) is 1.64. The van der Waals surface area contributed by atoms with Gasteiger partial charge in [0.25, 0.3) is 0 Å². The highest BCUT2D eigenvalue weighted by Crippen LogP contribution is 2.43. The second-order valence-corrected chi connectivity index (χ2v) is 8.58. The summed E-state index contributed by atoms with van der Waals surface area (Å²) in [5, 5.41) is 20.0. The van der Waals surface area contributed by atoms with Crippen LogP contribution in [0.25, 0.3) is 22.2 Å². The van der Waals surface area contributed by atoms with Crippen molar-refractivity contribution in [3.63, 3.8) is 0 Å². The molecule has 2 aromatic carbocycles. The fourth-order valence-electron chi connectivity index (χ4n) is 4.17. The molecule has 4 rings (SSSR count). The second-order valence-electron chi connectivity index (χ2n) is 8.58. The van der Waals surface area contributed by atoms with Crippen LogP contribution in [-0.4, -0.2) is 40.9 Å². The maximum absolute atomic E-state index is 10.1. The maximum Gasteiger partial charge on any atom is 0.204 e. The Kier molecular flexibility index (Phi) is 10.6. The lowest BCUT2D eigenvalue weighted by molar-refractivity contribution is -0.106. The van der Waals surface area contributed by atoms with Crippen LogP contribution in [-0.2, 0) is 4.79 Å². The highest BCUT2D eigenvalue weighted by Gasteiger charge is 2.28. The van der Waals surface area contributed by atoms with E-state index in [1.807, 2.05) is 50.2 Å². The van der Waals surface area contributed by atoms with Crippen molar-refractivity contribution in [2.75, 3.05) is 13.2 Å². The summed E-state index contributed by atoms with van der Waals surface area (Å²) >= 11 is 0. The number of primary amides is 1. The zero-order chi connectivity index (χ0) is 24.5. The van der Waals surface area contributed by atoms with Gasteiger partial charge in [0.05, 0.1) is 29.5 Å². The van der Waals surface area contributed by atoms with E-state index in [1.54, 1.807) is 0 Å². The molecule has 0 saturated heterocycles. The first kappa shape index (κ1) is 27.7. The van der Waals surface area contributed by atoms with Crippen LogP contribution in [0.15, 0.2) is 42.5 Å². The number of unbranched alkanes of at least 4 members (excludes halogenated alkanes) is 1. The smallest absolute Gasteiger partial charge is 0.204 e. The summed E-state index contributed by atoms with van der Waals surface area (Å²) < 4.78 is 14.1. The molecule has 188 valence electrons. The molecule has 0 spiro atoms. The van der Waals surface area contributed by atoms with Gasteiger partial charge in [-0.05, 0) is 87.9 Å². The Morgan fingerprint density at radius 2 is 1.83 bits per heavy atom. The average molecular weight is 482 g/mol. The van der Waals surface area contributed by atoms with Gasteiger partial charge in [-0.3, -0.25) is 4.79 Å². The van der Waals surface area contributed by atoms with Crippen LogP contribution in [0, 0.1) is 11.3 Å². The van der Waals surface area contributed by atoms with Crippen molar-refractivity contribution in [2.24, 2.45) is 5.73 Å². The second kappa shape index (κ2) is 13.4. The highest BCUT2D eigenvalue weighted by molar-refractivity contribution is 5.95. The van der Waals surface area contributed by atoms with E-state index in [-0.39, 0.29) is 24.6 Å². The van der Waals surface area contributed by atoms with Gasteiger partial charge < -0.3 is 30.4 Å². The Labute approximate surface area is 206 Å². The Balaban J connectivity index is 0.00000103. The fourth-order valence-corrected chi connectivity index (χ4v) is 4.17. The molecule has 35 heavy (non-hydrogen) atoms. The van der Waals surface area contributed by atoms with Crippen LogP contribution in [0.5, 0.6) is 11.5 Å². The molecule has 1 amide bonds. The van der Waals surface area contributed by atoms with E-state index in [4.69, 9.17) is 19.4 Å². The van der Waals surface area contributed by atoms with E-state index in [2.05, 4.69) is 22.4 Å². The van der Waals surface area contributed by atoms with Crippen LogP contribution in [0.2, 0.25) is 0 Å². The SMILES string of the molecule is CC(C)Oc1ccc(-c2c(C#N)c3ccc(OCCCCO)cc3n2C2CCC2)cc1.NC=O.O. The molecule has 1 heterocycles. The number of hydrogen-bond acceptors (Lipinski definition) is 5. The van der Waals surface area contributed by atoms with Crippen molar-refractivity contribution in [1.82, 2.24) is 4.57 Å². The molecular formula is C27H35N3O5. The molecule has 1 fully saturated rings. The number of nitrogens with zero attached hydrogens (tertiary/aromatic N) is 2. The molecule has 1 aliphatic rings. The number of carbonyl (C=O) groups excluding carboxylic acids is 1. The Hall–Kier alpha value is -3.54. The number of nitriles is 1. The monoisotopic (exact) mass is 481 g/mol. The number of aliphatic hydroxyl groups is 1. The normalized spacial score (nSPS) is 12.7. The average Bonchev–Trinajstić information content (AvgIpc) is 3.09. The number of amides is 1. The van der Waals surface area contributed by atoms with Crippen LogP contribution in [0.1, 0.15) is 57.6 Å². The van der Waals surface area contributed by atoms with E-state index in [1.165, 1.54) is 6.42 Å². The van der Waals surface area contributed by atoms with E-state index < -0.39 is 0 Å². The lowest BCUT2D eigenvalue weighted by Crippen LogP contribution is -2.17. The first-order chi connectivity index (χ1) is 16.5. The van der Waals surface area contributed by atoms with Crippen LogP contribution in [0.4, 0.5) is 0 Å². The summed E-state index contributed by atoms with van der Waals surface area (Å²) in [6.07, 6.45) is 5.38. The third kappa shape index (κ3) is 6.53. The summed E-state index contributed by atoms with van der Waals surface area (Å²) in [6.45, 7) is 4.79. The number of aliphatic hydroxyl groups excluding tert-OH is 1. The molecule has 0 radical (unpaired) electrons. The van der Waals surface area contributed by atoms with E-state index in [0.717, 1.165) is 59.3 Å². The van der Waals surface area contributed by atoms with Gasteiger partial charge in [0.1, 0.15) is 17.6 Å². The minimum atomic E-state index is 0. The topological polar surface area (TPSA) is 142 Å². The van der Waals surface area contributed by atoms with Gasteiger partial charge in [0, 0.05) is 24.1 Å². The zero-order valence-electron chi connectivity index (χ0n) is 20.4. The van der Waals surface area contributed by atoms with Crippen LogP contribution >= 0.6 is 0 Å². The van der Waals surface area contributed by atoms with Gasteiger partial charge in [-0.15, -0.1) is 0 Å². The predicted molar refractivity (Wildman–Crippen MR) is 136 cm³/mol. The van der Waals surface area contributed by atoms with Crippen molar-refractivity contribution in [3.8, 4) is 28.8 Å². The Morgan fingerprint density at radius 1 is 1.17 bits per heavy atom. The number of nitrogens with two attached hydrogens (primary N) is 1. The molecule has 0 atom stereocenters. The molecule has 1 aliphatic carbocycles. The minimum Gasteiger partial charge on any atom is -0.494 e. The number of ether oxygens (including phenoxy) is 2. The van der Waals surface area contributed by atoms with Crippen molar-refractivity contribution in [3.05, 3.63) is 48.0 Å². The molecule has 0 aliphatic heterocycles. The first-order valence-electron chi connectivity index (χ1n) is 11.8. The third-order valence-corrected chi connectivity index (χ3v) is 5.85. The number of fused-ring (bicyclic) bond motifs is 1. The molecule has 0 unspecified atom stereocenters. The lowest BCUT2D eigenvalue weighted by Gasteiger charge is -2.30. The van der Waals surface area contributed by atoms with Gasteiger partial charge >= 0.3 is 0 Å². The van der Waals surface area contributed by atoms with Crippen LogP contribution in [0.3, 0.4) is 0 Å².